The van der Waals surface area contributed by atoms with Crippen LogP contribution in [-0.4, -0.2) is 28.2 Å². The molecule has 0 saturated heterocycles. The number of hydrogen-bond acceptors (Lipinski definition) is 4. The molecule has 0 unspecified atom stereocenters. The fourth-order valence-electron chi connectivity index (χ4n) is 4.08. The zero-order chi connectivity index (χ0) is 22.2. The maximum Gasteiger partial charge on any atom is 0.260 e. The fourth-order valence-corrected chi connectivity index (χ4v) is 5.69. The SMILES string of the molecule is Cc1ccc(Cc2c(NS(=O)(=O)C3CCCC3)cc(-c3cnc[nH]3)c(=O)n2C)c(F)c1. The summed E-state index contributed by atoms with van der Waals surface area (Å²) in [4.78, 5) is 19.9. The molecule has 31 heavy (non-hydrogen) atoms. The van der Waals surface area contributed by atoms with E-state index in [2.05, 4.69) is 14.7 Å². The topological polar surface area (TPSA) is 96.8 Å². The van der Waals surface area contributed by atoms with Crippen LogP contribution >= 0.6 is 0 Å². The highest BCUT2D eigenvalue weighted by Crippen LogP contribution is 2.29. The summed E-state index contributed by atoms with van der Waals surface area (Å²) in [6.45, 7) is 1.79. The van der Waals surface area contributed by atoms with E-state index in [0.717, 1.165) is 18.4 Å². The van der Waals surface area contributed by atoms with Gasteiger partial charge in [0.2, 0.25) is 10.0 Å². The summed E-state index contributed by atoms with van der Waals surface area (Å²) in [7, 11) is -2.08. The molecule has 9 heteroatoms. The van der Waals surface area contributed by atoms with E-state index >= 15 is 0 Å². The normalized spacial score (nSPS) is 14.8. The Labute approximate surface area is 180 Å². The van der Waals surface area contributed by atoms with Crippen molar-refractivity contribution in [1.82, 2.24) is 14.5 Å². The van der Waals surface area contributed by atoms with Crippen LogP contribution in [0.25, 0.3) is 11.3 Å². The molecule has 0 aliphatic heterocycles. The van der Waals surface area contributed by atoms with Gasteiger partial charge in [0.05, 0.1) is 34.7 Å². The molecule has 2 N–H and O–H groups in total. The van der Waals surface area contributed by atoms with Crippen LogP contribution in [0.3, 0.4) is 0 Å². The summed E-state index contributed by atoms with van der Waals surface area (Å²) in [5.41, 5.74) is 2.29. The molecule has 1 saturated carbocycles. The maximum atomic E-state index is 14.5. The van der Waals surface area contributed by atoms with Gasteiger partial charge in [-0.25, -0.2) is 17.8 Å². The highest BCUT2D eigenvalue weighted by molar-refractivity contribution is 7.93. The number of pyridine rings is 1. The zero-order valence-electron chi connectivity index (χ0n) is 17.5. The Morgan fingerprint density at radius 3 is 2.65 bits per heavy atom. The van der Waals surface area contributed by atoms with Crippen LogP contribution in [-0.2, 0) is 23.5 Å². The van der Waals surface area contributed by atoms with Crippen molar-refractivity contribution in [1.29, 1.82) is 0 Å². The second-order valence-corrected chi connectivity index (χ2v) is 10.0. The number of sulfonamides is 1. The molecule has 0 bridgehead atoms. The number of aryl methyl sites for hydroxylation is 1. The van der Waals surface area contributed by atoms with Crippen LogP contribution in [0.4, 0.5) is 10.1 Å². The number of imidazole rings is 1. The number of nitrogens with zero attached hydrogens (tertiary/aromatic N) is 2. The number of H-pyrrole nitrogens is 1. The van der Waals surface area contributed by atoms with Crippen LogP contribution in [0.1, 0.15) is 42.5 Å². The minimum absolute atomic E-state index is 0.0730. The smallest absolute Gasteiger partial charge is 0.260 e. The number of anilines is 1. The van der Waals surface area contributed by atoms with Crippen molar-refractivity contribution in [2.45, 2.75) is 44.3 Å². The summed E-state index contributed by atoms with van der Waals surface area (Å²) in [5, 5.41) is -0.468. The monoisotopic (exact) mass is 444 g/mol. The Morgan fingerprint density at radius 2 is 2.00 bits per heavy atom. The van der Waals surface area contributed by atoms with E-state index < -0.39 is 21.1 Å². The highest BCUT2D eigenvalue weighted by Gasteiger charge is 2.30. The second-order valence-electron chi connectivity index (χ2n) is 8.07. The number of nitrogens with one attached hydrogen (secondary N) is 2. The Balaban J connectivity index is 1.84. The molecular formula is C22H25FN4O3S. The van der Waals surface area contributed by atoms with Gasteiger partial charge in [0.25, 0.3) is 5.56 Å². The van der Waals surface area contributed by atoms with Gasteiger partial charge in [-0.05, 0) is 43.0 Å². The van der Waals surface area contributed by atoms with Crippen LogP contribution < -0.4 is 10.3 Å². The van der Waals surface area contributed by atoms with E-state index in [1.54, 1.807) is 26.1 Å². The third-order valence-corrected chi connectivity index (χ3v) is 7.74. The quantitative estimate of drug-likeness (QED) is 0.608. The van der Waals surface area contributed by atoms with Crippen molar-refractivity contribution in [2.24, 2.45) is 7.05 Å². The predicted octanol–water partition coefficient (Wildman–Crippen LogP) is 3.50. The number of rotatable bonds is 6. The minimum Gasteiger partial charge on any atom is -0.344 e. The number of aromatic amines is 1. The van der Waals surface area contributed by atoms with Crippen molar-refractivity contribution >= 4 is 15.7 Å². The molecule has 4 rings (SSSR count). The van der Waals surface area contributed by atoms with E-state index in [1.165, 1.54) is 29.2 Å². The van der Waals surface area contributed by atoms with Gasteiger partial charge in [-0.3, -0.25) is 9.52 Å². The molecule has 1 aliphatic carbocycles. The average molecular weight is 445 g/mol. The standard InChI is InChI=1S/C22H25FN4O3S/c1-14-7-8-15(18(23)9-14)10-21-19(26-31(29,30)16-5-3-4-6-16)11-17(22(28)27(21)2)20-12-24-13-25-20/h7-9,11-13,16,26H,3-6,10H2,1-2H3,(H,24,25). The molecule has 1 aromatic carbocycles. The summed E-state index contributed by atoms with van der Waals surface area (Å²) in [6.07, 6.45) is 5.99. The summed E-state index contributed by atoms with van der Waals surface area (Å²) in [6, 6.07) is 6.39. The lowest BCUT2D eigenvalue weighted by Gasteiger charge is -2.20. The molecule has 7 nitrogen and oxygen atoms in total. The molecular weight excluding hydrogens is 419 g/mol. The summed E-state index contributed by atoms with van der Waals surface area (Å²) >= 11 is 0. The van der Waals surface area contributed by atoms with Crippen molar-refractivity contribution < 1.29 is 12.8 Å². The van der Waals surface area contributed by atoms with Gasteiger partial charge in [0.1, 0.15) is 5.82 Å². The molecule has 0 spiro atoms. The van der Waals surface area contributed by atoms with E-state index in [4.69, 9.17) is 0 Å². The van der Waals surface area contributed by atoms with Crippen LogP contribution in [0.15, 0.2) is 41.6 Å². The Bertz CT molecular complexity index is 1260. The lowest BCUT2D eigenvalue weighted by atomic mass is 10.0. The molecule has 1 fully saturated rings. The molecule has 0 atom stereocenters. The van der Waals surface area contributed by atoms with Gasteiger partial charge in [-0.15, -0.1) is 0 Å². The Hall–Kier alpha value is -2.94. The molecule has 0 amide bonds. The molecule has 164 valence electrons. The van der Waals surface area contributed by atoms with Crippen molar-refractivity contribution in [2.75, 3.05) is 4.72 Å². The van der Waals surface area contributed by atoms with Gasteiger partial charge >= 0.3 is 0 Å². The minimum atomic E-state index is -3.64. The first-order valence-corrected chi connectivity index (χ1v) is 11.8. The molecule has 2 heterocycles. The van der Waals surface area contributed by atoms with Gasteiger partial charge in [0, 0.05) is 19.2 Å². The van der Waals surface area contributed by atoms with Crippen molar-refractivity contribution in [3.63, 3.8) is 0 Å². The van der Waals surface area contributed by atoms with Gasteiger partial charge in [-0.2, -0.15) is 0 Å². The first-order valence-electron chi connectivity index (χ1n) is 10.2. The number of aromatic nitrogens is 3. The average Bonchev–Trinajstić information content (AvgIpc) is 3.43. The van der Waals surface area contributed by atoms with Gasteiger partial charge in [0.15, 0.2) is 0 Å². The van der Waals surface area contributed by atoms with E-state index in [1.807, 2.05) is 0 Å². The lowest BCUT2D eigenvalue weighted by molar-refractivity contribution is 0.585. The third kappa shape index (κ3) is 4.27. The van der Waals surface area contributed by atoms with E-state index in [0.29, 0.717) is 29.8 Å². The van der Waals surface area contributed by atoms with E-state index in [9.17, 15) is 17.6 Å². The van der Waals surface area contributed by atoms with Crippen molar-refractivity contribution in [3.05, 3.63) is 69.8 Å². The van der Waals surface area contributed by atoms with Gasteiger partial charge in [-0.1, -0.05) is 25.0 Å². The second kappa shape index (κ2) is 8.30. The maximum absolute atomic E-state index is 14.5. The Morgan fingerprint density at radius 1 is 1.26 bits per heavy atom. The molecule has 0 radical (unpaired) electrons. The predicted molar refractivity (Wildman–Crippen MR) is 118 cm³/mol. The summed E-state index contributed by atoms with van der Waals surface area (Å²) < 4.78 is 44.7. The van der Waals surface area contributed by atoms with Crippen molar-refractivity contribution in [3.8, 4) is 11.3 Å². The molecule has 2 aromatic heterocycles. The van der Waals surface area contributed by atoms with Crippen LogP contribution in [0.2, 0.25) is 0 Å². The largest absolute Gasteiger partial charge is 0.344 e. The molecule has 3 aromatic rings. The van der Waals surface area contributed by atoms with Crippen LogP contribution in [0, 0.1) is 12.7 Å². The van der Waals surface area contributed by atoms with Crippen LogP contribution in [0.5, 0.6) is 0 Å². The summed E-state index contributed by atoms with van der Waals surface area (Å²) in [5.74, 6) is -0.394. The van der Waals surface area contributed by atoms with Gasteiger partial charge < -0.3 is 9.55 Å². The number of halogens is 1. The highest BCUT2D eigenvalue weighted by atomic mass is 32.2. The lowest BCUT2D eigenvalue weighted by Crippen LogP contribution is -2.29. The number of benzene rings is 1. The number of hydrogen-bond donors (Lipinski definition) is 2. The Kier molecular flexibility index (Phi) is 5.70. The zero-order valence-corrected chi connectivity index (χ0v) is 18.3. The van der Waals surface area contributed by atoms with E-state index in [-0.39, 0.29) is 23.2 Å². The molecule has 1 aliphatic rings. The third-order valence-electron chi connectivity index (χ3n) is 5.89. The first-order chi connectivity index (χ1) is 14.8. The first kappa shape index (κ1) is 21.3. The fraction of sp³-hybridized carbons (Fsp3) is 0.364.